The molecule has 2 saturated heterocycles. The predicted molar refractivity (Wildman–Crippen MR) is 193 cm³/mol. The normalized spacial score (nSPS) is 22.7. The number of benzene rings is 2. The quantitative estimate of drug-likeness (QED) is 0.288. The highest BCUT2D eigenvalue weighted by Gasteiger charge is 2.26. The minimum Gasteiger partial charge on any atom is -0.507 e. The van der Waals surface area contributed by atoms with E-state index in [1.165, 1.54) is 49.7 Å². The summed E-state index contributed by atoms with van der Waals surface area (Å²) in [5.74, 6) is 0.694. The van der Waals surface area contributed by atoms with Crippen molar-refractivity contribution in [2.45, 2.75) is 142 Å². The van der Waals surface area contributed by atoms with E-state index in [4.69, 9.17) is 9.98 Å². The Hall–Kier alpha value is -2.70. The molecule has 0 spiro atoms. The molecule has 46 heavy (non-hydrogen) atoms. The summed E-state index contributed by atoms with van der Waals surface area (Å²) < 4.78 is 0. The number of aliphatic imine (C=N–C) groups is 2. The van der Waals surface area contributed by atoms with Crippen LogP contribution in [0.15, 0.2) is 34.3 Å². The Kier molecular flexibility index (Phi) is 11.3. The van der Waals surface area contributed by atoms with E-state index in [2.05, 4.69) is 75.6 Å². The van der Waals surface area contributed by atoms with Gasteiger partial charge < -0.3 is 10.2 Å². The summed E-state index contributed by atoms with van der Waals surface area (Å²) in [5, 5.41) is 22.8. The molecule has 3 fully saturated rings. The van der Waals surface area contributed by atoms with Crippen molar-refractivity contribution in [3.05, 3.63) is 57.6 Å². The fraction of sp³-hybridized carbons (Fsp3) is 0.650. The van der Waals surface area contributed by atoms with Crippen molar-refractivity contribution >= 4 is 12.4 Å². The second-order valence-corrected chi connectivity index (χ2v) is 16.3. The first kappa shape index (κ1) is 34.6. The standard InChI is InChI=1S/C40H60N4O2/c1-39(2,3)33-23-29(27-43-17-11-7-12-18-43)21-31(37(33)45)25-41-35-15-9-10-16-36(35)42-26-32-22-30(28-44-19-13-8-14-20-44)24-34(38(32)46)40(4,5)6/h21-26,35-36,45-46H,7-20,27-28H2,1-6H3/t35-,36-/m0/s1. The molecule has 1 saturated carbocycles. The smallest absolute Gasteiger partial charge is 0.128 e. The molecule has 2 atom stereocenters. The molecule has 1 aliphatic carbocycles. The topological polar surface area (TPSA) is 71.7 Å². The molecule has 2 heterocycles. The molecule has 2 N–H and O–H groups in total. The van der Waals surface area contributed by atoms with Gasteiger partial charge in [0.05, 0.1) is 12.1 Å². The van der Waals surface area contributed by atoms with Gasteiger partial charge in [-0.3, -0.25) is 19.8 Å². The Balaban J connectivity index is 1.39. The van der Waals surface area contributed by atoms with Crippen molar-refractivity contribution in [2.24, 2.45) is 9.98 Å². The van der Waals surface area contributed by atoms with Crippen molar-refractivity contribution in [1.82, 2.24) is 9.80 Å². The Morgan fingerprint density at radius 2 is 0.957 bits per heavy atom. The maximum absolute atomic E-state index is 11.4. The largest absolute Gasteiger partial charge is 0.507 e. The lowest BCUT2D eigenvalue weighted by Gasteiger charge is -2.29. The van der Waals surface area contributed by atoms with E-state index in [0.717, 1.165) is 87.2 Å². The molecule has 0 bridgehead atoms. The van der Waals surface area contributed by atoms with Gasteiger partial charge in [0.2, 0.25) is 0 Å². The zero-order valence-corrected chi connectivity index (χ0v) is 29.6. The lowest BCUT2D eigenvalue weighted by molar-refractivity contribution is 0.220. The number of phenolic OH excluding ortho intramolecular Hbond substituents is 2. The minimum absolute atomic E-state index is 0.0500. The number of rotatable bonds is 8. The Morgan fingerprint density at radius 3 is 1.30 bits per heavy atom. The number of piperidine rings is 2. The van der Waals surface area contributed by atoms with E-state index in [-0.39, 0.29) is 22.9 Å². The first-order valence-corrected chi connectivity index (χ1v) is 18.1. The highest BCUT2D eigenvalue weighted by Crippen LogP contribution is 2.36. The minimum atomic E-state index is -0.168. The second kappa shape index (κ2) is 15.0. The molecule has 0 aromatic heterocycles. The molecule has 3 aliphatic rings. The fourth-order valence-corrected chi connectivity index (χ4v) is 7.50. The third-order valence-corrected chi connectivity index (χ3v) is 10.2. The molecule has 0 amide bonds. The summed E-state index contributed by atoms with van der Waals surface area (Å²) in [5.41, 5.74) is 5.75. The molecule has 2 aromatic carbocycles. The van der Waals surface area contributed by atoms with Crippen molar-refractivity contribution in [3.63, 3.8) is 0 Å². The van der Waals surface area contributed by atoms with Crippen LogP contribution in [0.2, 0.25) is 0 Å². The average Bonchev–Trinajstić information content (AvgIpc) is 3.01. The van der Waals surface area contributed by atoms with Crippen LogP contribution < -0.4 is 0 Å². The van der Waals surface area contributed by atoms with Crippen LogP contribution in [0.3, 0.4) is 0 Å². The highest BCUT2D eigenvalue weighted by molar-refractivity contribution is 5.86. The van der Waals surface area contributed by atoms with Gasteiger partial charge in [0, 0.05) is 47.8 Å². The summed E-state index contributed by atoms with van der Waals surface area (Å²) in [7, 11) is 0. The van der Waals surface area contributed by atoms with Gasteiger partial charge >= 0.3 is 0 Å². The fourth-order valence-electron chi connectivity index (χ4n) is 7.50. The molecule has 2 aliphatic heterocycles. The van der Waals surface area contributed by atoms with Crippen LogP contribution in [0.4, 0.5) is 0 Å². The average molecular weight is 629 g/mol. The van der Waals surface area contributed by atoms with Gasteiger partial charge in [0.25, 0.3) is 0 Å². The maximum atomic E-state index is 11.4. The van der Waals surface area contributed by atoms with E-state index in [1.54, 1.807) is 0 Å². The van der Waals surface area contributed by atoms with E-state index in [0.29, 0.717) is 11.5 Å². The van der Waals surface area contributed by atoms with Gasteiger partial charge in [0.1, 0.15) is 11.5 Å². The van der Waals surface area contributed by atoms with E-state index < -0.39 is 0 Å². The highest BCUT2D eigenvalue weighted by atomic mass is 16.3. The summed E-state index contributed by atoms with van der Waals surface area (Å²) in [6.07, 6.45) is 15.8. The zero-order valence-electron chi connectivity index (χ0n) is 29.6. The second-order valence-electron chi connectivity index (χ2n) is 16.3. The summed E-state index contributed by atoms with van der Waals surface area (Å²) >= 11 is 0. The van der Waals surface area contributed by atoms with Crippen LogP contribution in [-0.4, -0.2) is 70.7 Å². The summed E-state index contributed by atoms with van der Waals surface area (Å²) in [6.45, 7) is 19.4. The van der Waals surface area contributed by atoms with Crippen LogP contribution in [0, 0.1) is 0 Å². The molecule has 6 nitrogen and oxygen atoms in total. The third-order valence-electron chi connectivity index (χ3n) is 10.2. The molecule has 0 unspecified atom stereocenters. The van der Waals surface area contributed by atoms with Crippen LogP contribution in [0.5, 0.6) is 11.5 Å². The number of nitrogens with zero attached hydrogens (tertiary/aromatic N) is 4. The van der Waals surface area contributed by atoms with Gasteiger partial charge in [0.15, 0.2) is 0 Å². The monoisotopic (exact) mass is 628 g/mol. The van der Waals surface area contributed by atoms with E-state index in [9.17, 15) is 10.2 Å². The van der Waals surface area contributed by atoms with Gasteiger partial charge in [-0.15, -0.1) is 0 Å². The number of likely N-dealkylation sites (tertiary alicyclic amines) is 2. The molecule has 5 rings (SSSR count). The van der Waals surface area contributed by atoms with Crippen molar-refractivity contribution < 1.29 is 10.2 Å². The third kappa shape index (κ3) is 9.01. The van der Waals surface area contributed by atoms with Crippen LogP contribution in [0.25, 0.3) is 0 Å². The first-order valence-electron chi connectivity index (χ1n) is 18.1. The van der Waals surface area contributed by atoms with Gasteiger partial charge in [-0.25, -0.2) is 0 Å². The number of aromatic hydroxyl groups is 2. The van der Waals surface area contributed by atoms with Crippen LogP contribution in [-0.2, 0) is 23.9 Å². The summed E-state index contributed by atoms with van der Waals surface area (Å²) in [4.78, 5) is 15.3. The lowest BCUT2D eigenvalue weighted by atomic mass is 9.84. The maximum Gasteiger partial charge on any atom is 0.128 e. The molecular weight excluding hydrogens is 568 g/mol. The van der Waals surface area contributed by atoms with Crippen LogP contribution >= 0.6 is 0 Å². The molecule has 6 heteroatoms. The van der Waals surface area contributed by atoms with Crippen molar-refractivity contribution in [3.8, 4) is 11.5 Å². The Labute approximate surface area is 279 Å². The van der Waals surface area contributed by atoms with Crippen molar-refractivity contribution in [2.75, 3.05) is 26.2 Å². The summed E-state index contributed by atoms with van der Waals surface area (Å²) in [6, 6.07) is 8.79. The van der Waals surface area contributed by atoms with Crippen LogP contribution in [0.1, 0.15) is 139 Å². The zero-order chi connectivity index (χ0) is 32.9. The van der Waals surface area contributed by atoms with E-state index >= 15 is 0 Å². The Bertz CT molecular complexity index is 1270. The van der Waals surface area contributed by atoms with E-state index in [1.807, 2.05) is 12.4 Å². The number of hydrogen-bond donors (Lipinski definition) is 2. The first-order chi connectivity index (χ1) is 21.9. The van der Waals surface area contributed by atoms with Gasteiger partial charge in [-0.2, -0.15) is 0 Å². The lowest BCUT2D eigenvalue weighted by Crippen LogP contribution is -2.29. The van der Waals surface area contributed by atoms with Gasteiger partial charge in [-0.05, 0) is 98.8 Å². The number of phenols is 2. The molecule has 2 aromatic rings. The predicted octanol–water partition coefficient (Wildman–Crippen LogP) is 8.51. The molecule has 0 radical (unpaired) electrons. The molecule has 252 valence electrons. The van der Waals surface area contributed by atoms with Gasteiger partial charge in [-0.1, -0.05) is 79.4 Å². The van der Waals surface area contributed by atoms with Crippen molar-refractivity contribution in [1.29, 1.82) is 0 Å². The molecular formula is C40H60N4O2. The SMILES string of the molecule is CC(C)(C)c1cc(CN2CCCCC2)cc(C=N[C@H]2CCCC[C@@H]2N=Cc2cc(CN3CCCCC3)cc(C(C)(C)C)c2O)c1O. The number of hydrogen-bond acceptors (Lipinski definition) is 6. The Morgan fingerprint density at radius 1 is 0.587 bits per heavy atom.